The lowest BCUT2D eigenvalue weighted by molar-refractivity contribution is 0.229. The van der Waals surface area contributed by atoms with E-state index < -0.39 is 0 Å². The Morgan fingerprint density at radius 3 is 1.73 bits per heavy atom. The number of allylic oxidation sites excluding steroid dienone is 1. The van der Waals surface area contributed by atoms with E-state index in [-0.39, 0.29) is 0 Å². The van der Waals surface area contributed by atoms with Crippen LogP contribution in [0, 0.1) is 23.7 Å². The minimum absolute atomic E-state index is 0.737. The molecule has 64 valence electrons. The van der Waals surface area contributed by atoms with Crippen molar-refractivity contribution in [2.45, 2.75) is 34.1 Å². The molecular weight excluding hydrogens is 132 g/mol. The molecule has 1 fully saturated rings. The van der Waals surface area contributed by atoms with Crippen LogP contribution in [0.2, 0.25) is 0 Å². The first-order valence-electron chi connectivity index (χ1n) is 4.72. The van der Waals surface area contributed by atoms with Crippen molar-refractivity contribution in [2.24, 2.45) is 23.7 Å². The van der Waals surface area contributed by atoms with Crippen molar-refractivity contribution in [3.8, 4) is 0 Å². The summed E-state index contributed by atoms with van der Waals surface area (Å²) < 4.78 is 0. The van der Waals surface area contributed by atoms with Crippen molar-refractivity contribution < 1.29 is 0 Å². The van der Waals surface area contributed by atoms with Crippen LogP contribution in [0.4, 0.5) is 0 Å². The van der Waals surface area contributed by atoms with Gasteiger partial charge in [-0.1, -0.05) is 39.8 Å². The molecule has 0 heterocycles. The summed E-state index contributed by atoms with van der Waals surface area (Å²) in [7, 11) is 0. The van der Waals surface area contributed by atoms with Crippen LogP contribution in [-0.2, 0) is 0 Å². The molecule has 0 N–H and O–H groups in total. The monoisotopic (exact) mass is 152 g/mol. The van der Waals surface area contributed by atoms with Gasteiger partial charge in [-0.25, -0.2) is 0 Å². The molecule has 1 aliphatic carbocycles. The van der Waals surface area contributed by atoms with E-state index in [9.17, 15) is 0 Å². The highest BCUT2D eigenvalue weighted by atomic mass is 14.3. The van der Waals surface area contributed by atoms with Gasteiger partial charge in [-0.15, -0.1) is 0 Å². The Morgan fingerprint density at radius 1 is 1.00 bits per heavy atom. The van der Waals surface area contributed by atoms with Crippen molar-refractivity contribution in [2.75, 3.05) is 0 Å². The fourth-order valence-electron chi connectivity index (χ4n) is 2.14. The molecule has 0 nitrogen and oxygen atoms in total. The maximum atomic E-state index is 4.18. The molecule has 4 atom stereocenters. The van der Waals surface area contributed by atoms with Gasteiger partial charge < -0.3 is 0 Å². The molecule has 1 aliphatic rings. The second-order valence-electron chi connectivity index (χ2n) is 4.34. The van der Waals surface area contributed by atoms with Crippen LogP contribution in [0.15, 0.2) is 12.2 Å². The van der Waals surface area contributed by atoms with Crippen molar-refractivity contribution in [3.05, 3.63) is 12.2 Å². The van der Waals surface area contributed by atoms with Gasteiger partial charge in [0, 0.05) is 0 Å². The van der Waals surface area contributed by atoms with Gasteiger partial charge in [0.1, 0.15) is 0 Å². The van der Waals surface area contributed by atoms with Crippen molar-refractivity contribution in [1.82, 2.24) is 0 Å². The summed E-state index contributed by atoms with van der Waals surface area (Å²) in [5.74, 6) is 3.16. The van der Waals surface area contributed by atoms with Crippen LogP contribution in [0.25, 0.3) is 0 Å². The van der Waals surface area contributed by atoms with Crippen molar-refractivity contribution in [1.29, 1.82) is 0 Å². The maximum Gasteiger partial charge on any atom is -0.0206 e. The van der Waals surface area contributed by atoms with Gasteiger partial charge in [-0.3, -0.25) is 0 Å². The van der Waals surface area contributed by atoms with E-state index in [0.717, 1.165) is 23.7 Å². The van der Waals surface area contributed by atoms with Gasteiger partial charge in [0.05, 0.1) is 0 Å². The van der Waals surface area contributed by atoms with E-state index in [1.54, 1.807) is 0 Å². The number of hydrogen-bond donors (Lipinski definition) is 0. The molecule has 0 spiro atoms. The molecule has 0 saturated heterocycles. The molecule has 11 heavy (non-hydrogen) atoms. The summed E-state index contributed by atoms with van der Waals surface area (Å²) >= 11 is 0. The molecular formula is C11H20. The van der Waals surface area contributed by atoms with E-state index in [1.165, 1.54) is 12.0 Å². The zero-order chi connectivity index (χ0) is 8.59. The van der Waals surface area contributed by atoms with E-state index in [1.807, 2.05) is 0 Å². The molecule has 0 aliphatic heterocycles. The highest BCUT2D eigenvalue weighted by molar-refractivity contribution is 5.09. The molecule has 1 saturated carbocycles. The third-order valence-electron chi connectivity index (χ3n) is 3.62. The molecule has 1 rings (SSSR count). The van der Waals surface area contributed by atoms with Gasteiger partial charge in [0.2, 0.25) is 0 Å². The summed E-state index contributed by atoms with van der Waals surface area (Å²) in [6.45, 7) is 13.5. The largest absolute Gasteiger partial charge is 0.0993 e. The third-order valence-corrected chi connectivity index (χ3v) is 3.62. The second kappa shape index (κ2) is 3.00. The van der Waals surface area contributed by atoms with Crippen LogP contribution >= 0.6 is 0 Å². The third kappa shape index (κ3) is 1.50. The minimum atomic E-state index is 0.737. The van der Waals surface area contributed by atoms with Gasteiger partial charge in [-0.2, -0.15) is 0 Å². The fraction of sp³-hybridized carbons (Fsp3) is 0.818. The molecule has 0 aromatic carbocycles. The van der Waals surface area contributed by atoms with Crippen molar-refractivity contribution in [3.63, 3.8) is 0 Å². The Hall–Kier alpha value is -0.260. The lowest BCUT2D eigenvalue weighted by Gasteiger charge is -2.37. The Kier molecular flexibility index (Phi) is 2.41. The van der Waals surface area contributed by atoms with E-state index >= 15 is 0 Å². The molecule has 0 aromatic heterocycles. The predicted molar refractivity (Wildman–Crippen MR) is 50.4 cm³/mol. The first-order chi connectivity index (χ1) is 5.04. The molecule has 0 radical (unpaired) electrons. The lowest BCUT2D eigenvalue weighted by atomic mass is 9.68. The normalized spacial score (nSPS) is 46.0. The zero-order valence-corrected chi connectivity index (χ0v) is 8.22. The summed E-state index contributed by atoms with van der Waals surface area (Å²) in [6.07, 6.45) is 1.38. The highest BCUT2D eigenvalue weighted by Gasteiger charge is 2.30. The summed E-state index contributed by atoms with van der Waals surface area (Å²) in [4.78, 5) is 0. The molecule has 0 bridgehead atoms. The second-order valence-corrected chi connectivity index (χ2v) is 4.34. The van der Waals surface area contributed by atoms with E-state index in [2.05, 4.69) is 34.3 Å². The predicted octanol–water partition coefficient (Wildman–Crippen LogP) is 3.49. The molecule has 0 heteroatoms. The molecule has 0 amide bonds. The first kappa shape index (κ1) is 8.83. The quantitative estimate of drug-likeness (QED) is 0.466. The van der Waals surface area contributed by atoms with Gasteiger partial charge in [0.15, 0.2) is 0 Å². The Morgan fingerprint density at radius 2 is 1.36 bits per heavy atom. The smallest absolute Gasteiger partial charge is 0.0206 e. The fourth-order valence-corrected chi connectivity index (χ4v) is 2.14. The SMILES string of the molecule is C=C1C(C)[C@@H](C)C[C@H](C)C1C. The van der Waals surface area contributed by atoms with Gasteiger partial charge >= 0.3 is 0 Å². The zero-order valence-electron chi connectivity index (χ0n) is 8.22. The summed E-state index contributed by atoms with van der Waals surface area (Å²) in [6, 6.07) is 0. The topological polar surface area (TPSA) is 0 Å². The lowest BCUT2D eigenvalue weighted by Crippen LogP contribution is -2.27. The van der Waals surface area contributed by atoms with Crippen LogP contribution in [-0.4, -0.2) is 0 Å². The average Bonchev–Trinajstić information content (AvgIpc) is 1.97. The number of rotatable bonds is 0. The highest BCUT2D eigenvalue weighted by Crippen LogP contribution is 2.40. The van der Waals surface area contributed by atoms with Crippen LogP contribution in [0.3, 0.4) is 0 Å². The molecule has 2 unspecified atom stereocenters. The summed E-state index contributed by atoms with van der Waals surface area (Å²) in [5, 5.41) is 0. The average molecular weight is 152 g/mol. The summed E-state index contributed by atoms with van der Waals surface area (Å²) in [5.41, 5.74) is 1.47. The minimum Gasteiger partial charge on any atom is -0.0993 e. The van der Waals surface area contributed by atoms with Crippen molar-refractivity contribution >= 4 is 0 Å². The number of hydrogen-bond acceptors (Lipinski definition) is 0. The Bertz CT molecular complexity index is 141. The van der Waals surface area contributed by atoms with Gasteiger partial charge in [-0.05, 0) is 30.1 Å². The van der Waals surface area contributed by atoms with Gasteiger partial charge in [0.25, 0.3) is 0 Å². The Labute approximate surface area is 70.7 Å². The Balaban J connectivity index is 2.71. The standard InChI is InChI=1S/C11H20/c1-7-6-8(2)10(4)11(5)9(7)3/h7-10H,5-6H2,1-4H3/t7-,8-,9?,10?/m0/s1. The maximum absolute atomic E-state index is 4.18. The first-order valence-corrected chi connectivity index (χ1v) is 4.72. The van der Waals surface area contributed by atoms with Crippen LogP contribution in [0.5, 0.6) is 0 Å². The van der Waals surface area contributed by atoms with Crippen LogP contribution in [0.1, 0.15) is 34.1 Å². The van der Waals surface area contributed by atoms with E-state index in [0.29, 0.717) is 0 Å². The van der Waals surface area contributed by atoms with Crippen LogP contribution < -0.4 is 0 Å². The molecule has 0 aromatic rings. The van der Waals surface area contributed by atoms with E-state index in [4.69, 9.17) is 0 Å².